The van der Waals surface area contributed by atoms with Gasteiger partial charge in [-0.3, -0.25) is 9.69 Å². The molecule has 2 heterocycles. The summed E-state index contributed by atoms with van der Waals surface area (Å²) >= 11 is 1.48. The summed E-state index contributed by atoms with van der Waals surface area (Å²) in [7, 11) is 0. The van der Waals surface area contributed by atoms with Gasteiger partial charge in [-0.15, -0.1) is 11.3 Å². The van der Waals surface area contributed by atoms with Gasteiger partial charge in [0.2, 0.25) is 0 Å². The first-order chi connectivity index (χ1) is 12.8. The Labute approximate surface area is 165 Å². The Balaban J connectivity index is 1.48. The van der Waals surface area contributed by atoms with Crippen LogP contribution in [0, 0.1) is 0 Å². The number of hydrogen-bond donors (Lipinski definition) is 1. The van der Waals surface area contributed by atoms with Gasteiger partial charge in [-0.25, -0.2) is 4.79 Å². The van der Waals surface area contributed by atoms with E-state index in [1.165, 1.54) is 16.9 Å². The summed E-state index contributed by atoms with van der Waals surface area (Å²) in [5.74, 6) is 0.154. The first-order valence-electron chi connectivity index (χ1n) is 9.28. The van der Waals surface area contributed by atoms with Gasteiger partial charge >= 0.3 is 6.03 Å². The van der Waals surface area contributed by atoms with Crippen molar-refractivity contribution in [2.45, 2.75) is 26.2 Å². The van der Waals surface area contributed by atoms with Crippen LogP contribution in [0.1, 0.15) is 36.0 Å². The third-order valence-corrected chi connectivity index (χ3v) is 5.74. The van der Waals surface area contributed by atoms with Crippen LogP contribution in [0.5, 0.6) is 0 Å². The standard InChI is InChI=1S/C21H27N3O2S/c1-21(2,3)16-6-8-17(9-7-16)22-20(26)24-12-10-23(11-13-24)15-18(25)19-5-4-14-27-19/h4-9,14H,10-13,15H2,1-3H3,(H,22,26). The molecule has 0 aliphatic carbocycles. The molecule has 1 fully saturated rings. The number of rotatable bonds is 4. The fourth-order valence-corrected chi connectivity index (χ4v) is 3.74. The lowest BCUT2D eigenvalue weighted by atomic mass is 9.87. The lowest BCUT2D eigenvalue weighted by Gasteiger charge is -2.34. The van der Waals surface area contributed by atoms with Crippen molar-refractivity contribution in [3.63, 3.8) is 0 Å². The fourth-order valence-electron chi connectivity index (χ4n) is 3.08. The number of carbonyl (C=O) groups is 2. The second-order valence-corrected chi connectivity index (χ2v) is 8.87. The molecule has 1 N–H and O–H groups in total. The monoisotopic (exact) mass is 385 g/mol. The molecule has 0 radical (unpaired) electrons. The maximum Gasteiger partial charge on any atom is 0.321 e. The number of urea groups is 1. The predicted molar refractivity (Wildman–Crippen MR) is 111 cm³/mol. The Morgan fingerprint density at radius 2 is 1.70 bits per heavy atom. The number of carbonyl (C=O) groups excluding carboxylic acids is 2. The minimum absolute atomic E-state index is 0.0808. The van der Waals surface area contributed by atoms with E-state index in [0.29, 0.717) is 32.7 Å². The van der Waals surface area contributed by atoms with Gasteiger partial charge in [0.1, 0.15) is 0 Å². The molecular formula is C21H27N3O2S. The highest BCUT2D eigenvalue weighted by Gasteiger charge is 2.23. The van der Waals surface area contributed by atoms with E-state index in [0.717, 1.165) is 10.6 Å². The molecule has 1 saturated heterocycles. The van der Waals surface area contributed by atoms with E-state index in [-0.39, 0.29) is 17.2 Å². The average Bonchev–Trinajstić information content (AvgIpc) is 3.17. The number of piperazine rings is 1. The van der Waals surface area contributed by atoms with Crippen molar-refractivity contribution in [1.82, 2.24) is 9.80 Å². The lowest BCUT2D eigenvalue weighted by molar-refractivity contribution is 0.0887. The third-order valence-electron chi connectivity index (χ3n) is 4.82. The van der Waals surface area contributed by atoms with Gasteiger partial charge in [-0.05, 0) is 34.6 Å². The van der Waals surface area contributed by atoms with Crippen LogP contribution in [0.2, 0.25) is 0 Å². The van der Waals surface area contributed by atoms with Gasteiger partial charge in [-0.1, -0.05) is 39.0 Å². The first-order valence-corrected chi connectivity index (χ1v) is 10.2. The molecule has 6 heteroatoms. The molecule has 1 aliphatic rings. The highest BCUT2D eigenvalue weighted by molar-refractivity contribution is 7.12. The van der Waals surface area contributed by atoms with Gasteiger partial charge in [0, 0.05) is 31.9 Å². The normalized spacial score (nSPS) is 15.6. The summed E-state index contributed by atoms with van der Waals surface area (Å²) in [6, 6.07) is 11.7. The van der Waals surface area contributed by atoms with Crippen molar-refractivity contribution in [3.8, 4) is 0 Å². The summed E-state index contributed by atoms with van der Waals surface area (Å²) in [5.41, 5.74) is 2.15. The van der Waals surface area contributed by atoms with E-state index in [1.807, 2.05) is 34.5 Å². The first kappa shape index (κ1) is 19.6. The lowest BCUT2D eigenvalue weighted by Crippen LogP contribution is -2.51. The Morgan fingerprint density at radius 1 is 1.04 bits per heavy atom. The van der Waals surface area contributed by atoms with E-state index in [9.17, 15) is 9.59 Å². The maximum absolute atomic E-state index is 12.5. The summed E-state index contributed by atoms with van der Waals surface area (Å²) in [5, 5.41) is 4.89. The van der Waals surface area contributed by atoms with Crippen molar-refractivity contribution in [3.05, 3.63) is 52.2 Å². The summed E-state index contributed by atoms with van der Waals surface area (Å²) in [6.45, 7) is 9.62. The molecular weight excluding hydrogens is 358 g/mol. The smallest absolute Gasteiger partial charge is 0.321 e. The molecule has 0 unspecified atom stereocenters. The molecule has 144 valence electrons. The van der Waals surface area contributed by atoms with Crippen molar-refractivity contribution >= 4 is 28.8 Å². The number of ketones is 1. The van der Waals surface area contributed by atoms with Gasteiger partial charge in [0.25, 0.3) is 0 Å². The maximum atomic E-state index is 12.5. The molecule has 27 heavy (non-hydrogen) atoms. The molecule has 0 saturated carbocycles. The summed E-state index contributed by atoms with van der Waals surface area (Å²) < 4.78 is 0. The summed E-state index contributed by atoms with van der Waals surface area (Å²) in [4.78, 5) is 29.4. The van der Waals surface area contributed by atoms with Crippen LogP contribution in [0.3, 0.4) is 0 Å². The van der Waals surface area contributed by atoms with E-state index in [1.54, 1.807) is 0 Å². The number of Topliss-reactive ketones (excluding diaryl/α,β-unsaturated/α-hetero) is 1. The second kappa shape index (κ2) is 8.23. The van der Waals surface area contributed by atoms with E-state index in [2.05, 4.69) is 43.1 Å². The Bertz CT molecular complexity index is 771. The fraction of sp³-hybridized carbons (Fsp3) is 0.429. The molecule has 3 rings (SSSR count). The number of anilines is 1. The van der Waals surface area contributed by atoms with Crippen molar-refractivity contribution in [2.75, 3.05) is 38.0 Å². The largest absolute Gasteiger partial charge is 0.322 e. The molecule has 0 bridgehead atoms. The van der Waals surface area contributed by atoms with Crippen molar-refractivity contribution < 1.29 is 9.59 Å². The second-order valence-electron chi connectivity index (χ2n) is 7.92. The number of hydrogen-bond acceptors (Lipinski definition) is 4. The van der Waals surface area contributed by atoms with E-state index < -0.39 is 0 Å². The minimum Gasteiger partial charge on any atom is -0.322 e. The van der Waals surface area contributed by atoms with Gasteiger partial charge < -0.3 is 10.2 Å². The quantitative estimate of drug-likeness (QED) is 0.807. The molecule has 2 amide bonds. The Morgan fingerprint density at radius 3 is 2.26 bits per heavy atom. The highest BCUT2D eigenvalue weighted by Crippen LogP contribution is 2.23. The molecule has 1 aliphatic heterocycles. The zero-order valence-corrected chi connectivity index (χ0v) is 17.0. The van der Waals surface area contributed by atoms with Gasteiger partial charge in [-0.2, -0.15) is 0 Å². The Kier molecular flexibility index (Phi) is 5.97. The summed E-state index contributed by atoms with van der Waals surface area (Å²) in [6.07, 6.45) is 0. The number of nitrogens with one attached hydrogen (secondary N) is 1. The van der Waals surface area contributed by atoms with Crippen LogP contribution >= 0.6 is 11.3 Å². The SMILES string of the molecule is CC(C)(C)c1ccc(NC(=O)N2CCN(CC(=O)c3cccs3)CC2)cc1. The molecule has 2 aromatic rings. The Hall–Kier alpha value is -2.18. The van der Waals surface area contributed by atoms with Crippen LogP contribution in [-0.4, -0.2) is 54.3 Å². The topological polar surface area (TPSA) is 52.7 Å². The van der Waals surface area contributed by atoms with E-state index in [4.69, 9.17) is 0 Å². The van der Waals surface area contributed by atoms with Gasteiger partial charge in [0.05, 0.1) is 11.4 Å². The predicted octanol–water partition coefficient (Wildman–Crippen LogP) is 4.08. The number of amides is 2. The number of nitrogens with zero attached hydrogens (tertiary/aromatic N) is 2. The van der Waals surface area contributed by atoms with Crippen LogP contribution in [0.4, 0.5) is 10.5 Å². The number of benzene rings is 1. The molecule has 0 atom stereocenters. The molecule has 1 aromatic heterocycles. The third kappa shape index (κ3) is 5.17. The van der Waals surface area contributed by atoms with Crippen LogP contribution in [0.15, 0.2) is 41.8 Å². The average molecular weight is 386 g/mol. The van der Waals surface area contributed by atoms with E-state index >= 15 is 0 Å². The van der Waals surface area contributed by atoms with Crippen molar-refractivity contribution in [1.29, 1.82) is 0 Å². The molecule has 0 spiro atoms. The molecule has 5 nitrogen and oxygen atoms in total. The van der Waals surface area contributed by atoms with Crippen LogP contribution in [-0.2, 0) is 5.41 Å². The highest BCUT2D eigenvalue weighted by atomic mass is 32.1. The molecule has 1 aromatic carbocycles. The van der Waals surface area contributed by atoms with Crippen LogP contribution in [0.25, 0.3) is 0 Å². The zero-order valence-electron chi connectivity index (χ0n) is 16.2. The minimum atomic E-state index is -0.0808. The van der Waals surface area contributed by atoms with Crippen molar-refractivity contribution in [2.24, 2.45) is 0 Å². The number of thiophene rings is 1. The zero-order chi connectivity index (χ0) is 19.4. The van der Waals surface area contributed by atoms with Gasteiger partial charge in [0.15, 0.2) is 5.78 Å². The van der Waals surface area contributed by atoms with Crippen LogP contribution < -0.4 is 5.32 Å².